The zero-order valence-corrected chi connectivity index (χ0v) is 18.6. The van der Waals surface area contributed by atoms with E-state index < -0.39 is 9.84 Å². The Morgan fingerprint density at radius 3 is 2.90 bits per heavy atom. The number of sulfone groups is 1. The molecular weight excluding hydrogens is 408 g/mol. The zero-order valence-electron chi connectivity index (χ0n) is 17.8. The average molecular weight is 437 g/mol. The minimum absolute atomic E-state index is 0.0897. The molecule has 3 heterocycles. The first-order valence-corrected chi connectivity index (χ1v) is 12.6. The van der Waals surface area contributed by atoms with E-state index in [1.54, 1.807) is 12.1 Å². The fourth-order valence-corrected chi connectivity index (χ4v) is 6.06. The van der Waals surface area contributed by atoms with Crippen LogP contribution in [0, 0.1) is 6.92 Å². The third kappa shape index (κ3) is 4.12. The van der Waals surface area contributed by atoms with Gasteiger partial charge in [0.2, 0.25) is 0 Å². The molecule has 5 rings (SSSR count). The van der Waals surface area contributed by atoms with E-state index in [-0.39, 0.29) is 5.75 Å². The lowest BCUT2D eigenvalue weighted by Crippen LogP contribution is -2.30. The third-order valence-corrected chi connectivity index (χ3v) is 8.06. The first-order valence-electron chi connectivity index (χ1n) is 10.9. The highest BCUT2D eigenvalue weighted by molar-refractivity contribution is 7.91. The van der Waals surface area contributed by atoms with E-state index in [4.69, 9.17) is 4.98 Å². The molecule has 1 saturated heterocycles. The Labute approximate surface area is 183 Å². The van der Waals surface area contributed by atoms with Crippen molar-refractivity contribution in [3.63, 3.8) is 0 Å². The lowest BCUT2D eigenvalue weighted by Gasteiger charge is -2.24. The maximum Gasteiger partial charge on any atom is 0.180 e. The van der Waals surface area contributed by atoms with Crippen molar-refractivity contribution in [1.29, 1.82) is 0 Å². The molecule has 2 N–H and O–H groups in total. The van der Waals surface area contributed by atoms with Crippen LogP contribution in [0.2, 0.25) is 0 Å². The second kappa shape index (κ2) is 8.13. The molecule has 31 heavy (non-hydrogen) atoms. The summed E-state index contributed by atoms with van der Waals surface area (Å²) in [5.74, 6) is 0.900. The van der Waals surface area contributed by atoms with Crippen molar-refractivity contribution in [2.24, 2.45) is 0 Å². The topological polar surface area (TPSA) is 74.3 Å². The van der Waals surface area contributed by atoms with Crippen molar-refractivity contribution in [3.8, 4) is 0 Å². The molecule has 0 saturated carbocycles. The zero-order chi connectivity index (χ0) is 21.4. The molecule has 0 spiro atoms. The summed E-state index contributed by atoms with van der Waals surface area (Å²) in [6.07, 6.45) is 2.40. The largest absolute Gasteiger partial charge is 0.383 e. The Morgan fingerprint density at radius 1 is 1.19 bits per heavy atom. The van der Waals surface area contributed by atoms with Crippen molar-refractivity contribution in [2.75, 3.05) is 35.6 Å². The number of rotatable bonds is 4. The minimum Gasteiger partial charge on any atom is -0.383 e. The van der Waals surface area contributed by atoms with Crippen LogP contribution in [0.4, 0.5) is 11.5 Å². The maximum absolute atomic E-state index is 12.8. The molecule has 2 aliphatic heterocycles. The molecule has 1 fully saturated rings. The molecule has 0 aliphatic carbocycles. The van der Waals surface area contributed by atoms with Crippen molar-refractivity contribution in [2.45, 2.75) is 37.2 Å². The van der Waals surface area contributed by atoms with E-state index in [9.17, 15) is 8.42 Å². The summed E-state index contributed by atoms with van der Waals surface area (Å²) in [6, 6.07) is 16.2. The van der Waals surface area contributed by atoms with Gasteiger partial charge in [0.1, 0.15) is 5.82 Å². The number of aryl methyl sites for hydroxylation is 1. The molecule has 6 nitrogen and oxygen atoms in total. The number of pyridine rings is 1. The lowest BCUT2D eigenvalue weighted by atomic mass is 10.1. The van der Waals surface area contributed by atoms with Crippen molar-refractivity contribution < 1.29 is 8.42 Å². The number of fused-ring (bicyclic) bond motifs is 2. The van der Waals surface area contributed by atoms with E-state index in [0.717, 1.165) is 41.1 Å². The van der Waals surface area contributed by atoms with Gasteiger partial charge in [-0.15, -0.1) is 0 Å². The second-order valence-corrected chi connectivity index (χ2v) is 10.6. The van der Waals surface area contributed by atoms with Crippen LogP contribution in [0.5, 0.6) is 0 Å². The van der Waals surface area contributed by atoms with Crippen molar-refractivity contribution in [3.05, 3.63) is 59.7 Å². The summed E-state index contributed by atoms with van der Waals surface area (Å²) in [6.45, 7) is 4.99. The molecule has 3 aromatic rings. The van der Waals surface area contributed by atoms with Crippen LogP contribution in [0.15, 0.2) is 53.4 Å². The smallest absolute Gasteiger partial charge is 0.180 e. The average Bonchev–Trinajstić information content (AvgIpc) is 3.24. The first-order chi connectivity index (χ1) is 15.0. The van der Waals surface area contributed by atoms with Crippen LogP contribution in [0.25, 0.3) is 10.9 Å². The molecular formula is C24H28N4O2S. The number of aromatic nitrogens is 1. The van der Waals surface area contributed by atoms with Crippen LogP contribution in [0.1, 0.15) is 24.0 Å². The molecule has 7 heteroatoms. The molecule has 0 radical (unpaired) electrons. The van der Waals surface area contributed by atoms with Gasteiger partial charge in [0.05, 0.1) is 16.2 Å². The number of hydrogen-bond donors (Lipinski definition) is 2. The van der Waals surface area contributed by atoms with Crippen LogP contribution < -0.4 is 15.5 Å². The summed E-state index contributed by atoms with van der Waals surface area (Å²) >= 11 is 0. The van der Waals surface area contributed by atoms with Gasteiger partial charge >= 0.3 is 0 Å². The highest BCUT2D eigenvalue weighted by Gasteiger charge is 2.26. The molecule has 0 amide bonds. The predicted molar refractivity (Wildman–Crippen MR) is 126 cm³/mol. The molecule has 2 aromatic carbocycles. The molecule has 1 aromatic heterocycles. The summed E-state index contributed by atoms with van der Waals surface area (Å²) in [4.78, 5) is 7.45. The number of hydrogen-bond acceptors (Lipinski definition) is 6. The van der Waals surface area contributed by atoms with Crippen molar-refractivity contribution >= 4 is 32.2 Å². The SMILES string of the molecule is Cc1ccc2nc(N3CCS(=O)(=O)c4ccccc4C3)cc(NCC3CCCN3)c2c1. The Morgan fingerprint density at radius 2 is 2.06 bits per heavy atom. The van der Waals surface area contributed by atoms with Crippen LogP contribution >= 0.6 is 0 Å². The number of anilines is 2. The minimum atomic E-state index is -3.29. The fourth-order valence-electron chi connectivity index (χ4n) is 4.56. The molecule has 1 unspecified atom stereocenters. The summed E-state index contributed by atoms with van der Waals surface area (Å²) < 4.78 is 25.5. The van der Waals surface area contributed by atoms with E-state index in [2.05, 4.69) is 46.7 Å². The van der Waals surface area contributed by atoms with E-state index in [0.29, 0.717) is 24.0 Å². The number of benzene rings is 2. The van der Waals surface area contributed by atoms with Gasteiger partial charge in [0, 0.05) is 42.8 Å². The lowest BCUT2D eigenvalue weighted by molar-refractivity contribution is 0.596. The predicted octanol–water partition coefficient (Wildman–Crippen LogP) is 3.50. The van der Waals surface area contributed by atoms with Gasteiger partial charge in [-0.1, -0.05) is 29.8 Å². The van der Waals surface area contributed by atoms with Gasteiger partial charge in [0.15, 0.2) is 9.84 Å². The van der Waals surface area contributed by atoms with Gasteiger partial charge in [-0.25, -0.2) is 13.4 Å². The number of nitrogens with one attached hydrogen (secondary N) is 2. The monoisotopic (exact) mass is 436 g/mol. The van der Waals surface area contributed by atoms with Gasteiger partial charge in [-0.05, 0) is 50.1 Å². The standard InChI is InChI=1S/C24H28N4O2S/c1-17-8-9-21-20(13-17)22(26-15-19-6-4-10-25-19)14-24(27-21)28-11-12-31(29,30)23-7-3-2-5-18(23)16-28/h2-3,5,7-9,13-14,19,25H,4,6,10-12,15-16H2,1H3,(H,26,27). The Bertz CT molecular complexity index is 1220. The van der Waals surface area contributed by atoms with E-state index in [1.807, 2.05) is 12.1 Å². The molecule has 162 valence electrons. The van der Waals surface area contributed by atoms with E-state index in [1.165, 1.54) is 18.4 Å². The Hall–Kier alpha value is -2.64. The first kappa shape index (κ1) is 20.3. The summed E-state index contributed by atoms with van der Waals surface area (Å²) in [5.41, 5.74) is 4.00. The van der Waals surface area contributed by atoms with Gasteiger partial charge in [-0.2, -0.15) is 0 Å². The maximum atomic E-state index is 12.8. The fraction of sp³-hybridized carbons (Fsp3) is 0.375. The highest BCUT2D eigenvalue weighted by Crippen LogP contribution is 2.31. The van der Waals surface area contributed by atoms with E-state index >= 15 is 0 Å². The van der Waals surface area contributed by atoms with Gasteiger partial charge in [0.25, 0.3) is 0 Å². The normalized spacial score (nSPS) is 20.4. The molecule has 1 atom stereocenters. The van der Waals surface area contributed by atoms with Gasteiger partial charge < -0.3 is 15.5 Å². The summed E-state index contributed by atoms with van der Waals surface area (Å²) in [7, 11) is -3.29. The third-order valence-electron chi connectivity index (χ3n) is 6.27. The highest BCUT2D eigenvalue weighted by atomic mass is 32.2. The number of nitrogens with zero attached hydrogens (tertiary/aromatic N) is 2. The Kier molecular flexibility index (Phi) is 5.32. The molecule has 2 aliphatic rings. The quantitative estimate of drug-likeness (QED) is 0.652. The Balaban J connectivity index is 1.53. The molecule has 0 bridgehead atoms. The van der Waals surface area contributed by atoms with Crippen LogP contribution in [0.3, 0.4) is 0 Å². The van der Waals surface area contributed by atoms with Crippen molar-refractivity contribution in [1.82, 2.24) is 10.3 Å². The van der Waals surface area contributed by atoms with Gasteiger partial charge in [-0.3, -0.25) is 0 Å². The summed E-state index contributed by atoms with van der Waals surface area (Å²) in [5, 5.41) is 8.28. The van der Waals surface area contributed by atoms with Crippen LogP contribution in [-0.4, -0.2) is 44.8 Å². The second-order valence-electron chi connectivity index (χ2n) is 8.57. The van der Waals surface area contributed by atoms with Crippen LogP contribution in [-0.2, 0) is 16.4 Å².